The summed E-state index contributed by atoms with van der Waals surface area (Å²) in [5.74, 6) is -0.230. The van der Waals surface area contributed by atoms with Crippen LogP contribution in [0, 0.1) is 0 Å². The molecule has 1 aromatic heterocycles. The average Bonchev–Trinajstić information content (AvgIpc) is 2.46. The zero-order valence-electron chi connectivity index (χ0n) is 10.9. The second-order valence-corrected chi connectivity index (χ2v) is 4.32. The molecule has 1 heterocycles. The van der Waals surface area contributed by atoms with Crippen LogP contribution in [-0.4, -0.2) is 30.4 Å². The Balaban J connectivity index is 2.08. The molecule has 6 heteroatoms. The number of nitrogens with zero attached hydrogens (tertiary/aromatic N) is 1. The van der Waals surface area contributed by atoms with E-state index in [2.05, 4.69) is 15.6 Å². The number of aromatic nitrogens is 1. The topological polar surface area (TPSA) is 97.1 Å². The highest BCUT2D eigenvalue weighted by atomic mass is 16.2. The highest BCUT2D eigenvalue weighted by molar-refractivity contribution is 6.05. The van der Waals surface area contributed by atoms with Crippen LogP contribution in [0.2, 0.25) is 0 Å². The summed E-state index contributed by atoms with van der Waals surface area (Å²) in [5.41, 5.74) is 6.75. The van der Waals surface area contributed by atoms with Gasteiger partial charge in [0.25, 0.3) is 5.91 Å². The molecule has 6 nitrogen and oxygen atoms in total. The number of amides is 2. The molecule has 1 aromatic carbocycles. The SMILES string of the molecule is Nc1ccc2c(C(=O)NCCCNC=O)nccc2c1. The number of anilines is 1. The molecule has 0 saturated carbocycles. The summed E-state index contributed by atoms with van der Waals surface area (Å²) < 4.78 is 0. The number of nitrogens with two attached hydrogens (primary N) is 1. The molecule has 2 aromatic rings. The Morgan fingerprint density at radius 2 is 2.15 bits per heavy atom. The minimum Gasteiger partial charge on any atom is -0.399 e. The molecule has 0 aliphatic rings. The smallest absolute Gasteiger partial charge is 0.270 e. The molecule has 0 spiro atoms. The van der Waals surface area contributed by atoms with E-state index in [0.29, 0.717) is 37.3 Å². The lowest BCUT2D eigenvalue weighted by atomic mass is 10.1. The van der Waals surface area contributed by atoms with Crippen molar-refractivity contribution < 1.29 is 9.59 Å². The van der Waals surface area contributed by atoms with E-state index in [0.717, 1.165) is 10.8 Å². The Morgan fingerprint density at radius 1 is 1.30 bits per heavy atom. The summed E-state index contributed by atoms with van der Waals surface area (Å²) in [5, 5.41) is 6.96. The van der Waals surface area contributed by atoms with Crippen LogP contribution >= 0.6 is 0 Å². The molecule has 20 heavy (non-hydrogen) atoms. The largest absolute Gasteiger partial charge is 0.399 e. The zero-order chi connectivity index (χ0) is 14.4. The predicted octanol–water partition coefficient (Wildman–Crippen LogP) is 0.683. The van der Waals surface area contributed by atoms with E-state index >= 15 is 0 Å². The molecule has 104 valence electrons. The fraction of sp³-hybridized carbons (Fsp3) is 0.214. The molecule has 0 fully saturated rings. The maximum Gasteiger partial charge on any atom is 0.270 e. The Labute approximate surface area is 116 Å². The minimum absolute atomic E-state index is 0.230. The average molecular weight is 272 g/mol. The molecule has 0 atom stereocenters. The molecule has 2 amide bonds. The Bertz CT molecular complexity index is 628. The van der Waals surface area contributed by atoms with Crippen LogP contribution in [0.1, 0.15) is 16.9 Å². The fourth-order valence-corrected chi connectivity index (χ4v) is 1.91. The number of carbonyl (C=O) groups excluding carboxylic acids is 2. The van der Waals surface area contributed by atoms with Gasteiger partial charge < -0.3 is 16.4 Å². The number of nitrogen functional groups attached to an aromatic ring is 1. The van der Waals surface area contributed by atoms with Crippen molar-refractivity contribution in [2.24, 2.45) is 0 Å². The summed E-state index contributed by atoms with van der Waals surface area (Å²) in [6.45, 7) is 1.01. The van der Waals surface area contributed by atoms with Crippen LogP contribution in [0.25, 0.3) is 10.8 Å². The first-order chi connectivity index (χ1) is 9.72. The van der Waals surface area contributed by atoms with E-state index in [-0.39, 0.29) is 5.91 Å². The van der Waals surface area contributed by atoms with E-state index in [4.69, 9.17) is 5.73 Å². The Kier molecular flexibility index (Phi) is 4.49. The second kappa shape index (κ2) is 6.51. The molecule has 0 unspecified atom stereocenters. The summed E-state index contributed by atoms with van der Waals surface area (Å²) in [6.07, 6.45) is 2.89. The molecule has 0 saturated heterocycles. The number of nitrogens with one attached hydrogen (secondary N) is 2. The number of pyridine rings is 1. The molecule has 0 bridgehead atoms. The minimum atomic E-state index is -0.230. The van der Waals surface area contributed by atoms with Gasteiger partial charge in [0.05, 0.1) is 0 Å². The third-order valence-electron chi connectivity index (χ3n) is 2.87. The van der Waals surface area contributed by atoms with E-state index in [1.54, 1.807) is 18.3 Å². The molecular formula is C14H16N4O2. The van der Waals surface area contributed by atoms with Gasteiger partial charge in [0.1, 0.15) is 5.69 Å². The predicted molar refractivity (Wildman–Crippen MR) is 77.2 cm³/mol. The van der Waals surface area contributed by atoms with Gasteiger partial charge in [0.15, 0.2) is 0 Å². The van der Waals surface area contributed by atoms with Crippen LogP contribution in [0.4, 0.5) is 5.69 Å². The van der Waals surface area contributed by atoms with Crippen molar-refractivity contribution >= 4 is 28.8 Å². The van der Waals surface area contributed by atoms with Crippen LogP contribution in [0.15, 0.2) is 30.5 Å². The van der Waals surface area contributed by atoms with Crippen molar-refractivity contribution in [2.45, 2.75) is 6.42 Å². The summed E-state index contributed by atoms with van der Waals surface area (Å²) in [6, 6.07) is 7.16. The molecule has 2 rings (SSSR count). The van der Waals surface area contributed by atoms with Gasteiger partial charge in [-0.2, -0.15) is 0 Å². The fourth-order valence-electron chi connectivity index (χ4n) is 1.91. The zero-order valence-corrected chi connectivity index (χ0v) is 10.9. The number of benzene rings is 1. The molecule has 0 aliphatic carbocycles. The lowest BCUT2D eigenvalue weighted by Gasteiger charge is -2.07. The first kappa shape index (κ1) is 13.8. The normalized spacial score (nSPS) is 10.2. The van der Waals surface area contributed by atoms with Crippen LogP contribution in [0.3, 0.4) is 0 Å². The van der Waals surface area contributed by atoms with Crippen molar-refractivity contribution in [3.63, 3.8) is 0 Å². The number of fused-ring (bicyclic) bond motifs is 1. The molecule has 4 N–H and O–H groups in total. The van der Waals surface area contributed by atoms with E-state index in [1.165, 1.54) is 0 Å². The maximum absolute atomic E-state index is 12.1. The van der Waals surface area contributed by atoms with Gasteiger partial charge in [-0.05, 0) is 36.1 Å². The lowest BCUT2D eigenvalue weighted by molar-refractivity contribution is -0.109. The quantitative estimate of drug-likeness (QED) is 0.409. The summed E-state index contributed by atoms with van der Waals surface area (Å²) in [4.78, 5) is 26.3. The third-order valence-corrected chi connectivity index (χ3v) is 2.87. The Hall–Kier alpha value is -2.63. The number of rotatable bonds is 6. The third kappa shape index (κ3) is 3.23. The van der Waals surface area contributed by atoms with Gasteiger partial charge in [-0.15, -0.1) is 0 Å². The molecular weight excluding hydrogens is 256 g/mol. The number of hydrogen-bond donors (Lipinski definition) is 3. The molecule has 0 aliphatic heterocycles. The van der Waals surface area contributed by atoms with Crippen molar-refractivity contribution in [2.75, 3.05) is 18.8 Å². The lowest BCUT2D eigenvalue weighted by Crippen LogP contribution is -2.27. The van der Waals surface area contributed by atoms with Crippen molar-refractivity contribution in [3.8, 4) is 0 Å². The molecule has 0 radical (unpaired) electrons. The first-order valence-electron chi connectivity index (χ1n) is 6.32. The Morgan fingerprint density at radius 3 is 2.95 bits per heavy atom. The van der Waals surface area contributed by atoms with Crippen molar-refractivity contribution in [3.05, 3.63) is 36.2 Å². The standard InChI is InChI=1S/C14H16N4O2/c15-11-2-3-12-10(8-11)4-7-17-13(12)14(20)18-6-1-5-16-9-19/h2-4,7-9H,1,5-6,15H2,(H,16,19)(H,18,20). The van der Waals surface area contributed by atoms with Crippen molar-refractivity contribution in [1.29, 1.82) is 0 Å². The van der Waals surface area contributed by atoms with Gasteiger partial charge in [0.2, 0.25) is 6.41 Å². The highest BCUT2D eigenvalue weighted by Crippen LogP contribution is 2.19. The summed E-state index contributed by atoms with van der Waals surface area (Å²) in [7, 11) is 0. The van der Waals surface area contributed by atoms with E-state index < -0.39 is 0 Å². The second-order valence-electron chi connectivity index (χ2n) is 4.32. The summed E-state index contributed by atoms with van der Waals surface area (Å²) >= 11 is 0. The van der Waals surface area contributed by atoms with Crippen molar-refractivity contribution in [1.82, 2.24) is 15.6 Å². The number of carbonyl (C=O) groups is 2. The highest BCUT2D eigenvalue weighted by Gasteiger charge is 2.10. The van der Waals surface area contributed by atoms with Gasteiger partial charge in [-0.25, -0.2) is 0 Å². The van der Waals surface area contributed by atoms with Gasteiger partial charge in [0, 0.05) is 30.4 Å². The monoisotopic (exact) mass is 272 g/mol. The number of hydrogen-bond acceptors (Lipinski definition) is 4. The van der Waals surface area contributed by atoms with Gasteiger partial charge >= 0.3 is 0 Å². The maximum atomic E-state index is 12.1. The van der Waals surface area contributed by atoms with Crippen LogP contribution in [0.5, 0.6) is 0 Å². The van der Waals surface area contributed by atoms with Gasteiger partial charge in [-0.1, -0.05) is 0 Å². The first-order valence-corrected chi connectivity index (χ1v) is 6.32. The van der Waals surface area contributed by atoms with E-state index in [1.807, 2.05) is 12.1 Å². The van der Waals surface area contributed by atoms with E-state index in [9.17, 15) is 9.59 Å². The van der Waals surface area contributed by atoms with Gasteiger partial charge in [-0.3, -0.25) is 14.6 Å². The van der Waals surface area contributed by atoms with Crippen LogP contribution < -0.4 is 16.4 Å². The van der Waals surface area contributed by atoms with Crippen LogP contribution in [-0.2, 0) is 4.79 Å².